The Morgan fingerprint density at radius 3 is 2.57 bits per heavy atom. The number of benzene rings is 1. The van der Waals surface area contributed by atoms with Crippen molar-refractivity contribution < 1.29 is 4.79 Å². The minimum Gasteiger partial charge on any atom is -0.322 e. The van der Waals surface area contributed by atoms with Crippen LogP contribution in [0.15, 0.2) is 48.7 Å². The molecule has 0 aliphatic carbocycles. The fourth-order valence-electron chi connectivity index (χ4n) is 3.65. The molecule has 1 N–H and O–H groups in total. The Labute approximate surface area is 165 Å². The standard InChI is InChI=1S/C21H26N6O/c1-2-19-24-18-9-6-10-22-20(18)27(19)16-13-25-11-14-26(15-12-25)21(28)23-17-7-4-3-5-8-17/h3-10H,2,11-16H2,1H3,(H,23,28). The normalized spacial score (nSPS) is 15.1. The minimum absolute atomic E-state index is 0.0241. The Kier molecular flexibility index (Phi) is 5.53. The maximum absolute atomic E-state index is 12.4. The molecule has 0 spiro atoms. The summed E-state index contributed by atoms with van der Waals surface area (Å²) in [5.74, 6) is 1.08. The van der Waals surface area contributed by atoms with Crippen LogP contribution < -0.4 is 5.32 Å². The third-order valence-electron chi connectivity index (χ3n) is 5.22. The van der Waals surface area contributed by atoms with E-state index in [0.29, 0.717) is 0 Å². The van der Waals surface area contributed by atoms with E-state index in [0.717, 1.165) is 68.4 Å². The van der Waals surface area contributed by atoms with Crippen LogP contribution in [0.1, 0.15) is 12.7 Å². The summed E-state index contributed by atoms with van der Waals surface area (Å²) >= 11 is 0. The molecular weight excluding hydrogens is 352 g/mol. The first-order valence-electron chi connectivity index (χ1n) is 9.88. The summed E-state index contributed by atoms with van der Waals surface area (Å²) in [6.45, 7) is 7.16. The average molecular weight is 378 g/mol. The van der Waals surface area contributed by atoms with Gasteiger partial charge in [0.25, 0.3) is 0 Å². The Morgan fingerprint density at radius 2 is 1.82 bits per heavy atom. The lowest BCUT2D eigenvalue weighted by atomic mass is 10.3. The van der Waals surface area contributed by atoms with E-state index in [1.54, 1.807) is 0 Å². The molecule has 0 radical (unpaired) electrons. The van der Waals surface area contributed by atoms with Crippen molar-refractivity contribution in [3.8, 4) is 0 Å². The SMILES string of the molecule is CCc1nc2cccnc2n1CCN1CCN(C(=O)Nc2ccccc2)CC1. The van der Waals surface area contributed by atoms with E-state index in [-0.39, 0.29) is 6.03 Å². The number of urea groups is 1. The van der Waals surface area contributed by atoms with Crippen molar-refractivity contribution in [2.45, 2.75) is 19.9 Å². The van der Waals surface area contributed by atoms with Gasteiger partial charge in [-0.1, -0.05) is 25.1 Å². The molecule has 1 fully saturated rings. The summed E-state index contributed by atoms with van der Waals surface area (Å²) < 4.78 is 2.23. The number of pyridine rings is 1. The lowest BCUT2D eigenvalue weighted by molar-refractivity contribution is 0.144. The molecule has 1 aromatic carbocycles. The number of carbonyl (C=O) groups excluding carboxylic acids is 1. The van der Waals surface area contributed by atoms with Crippen LogP contribution >= 0.6 is 0 Å². The summed E-state index contributed by atoms with van der Waals surface area (Å²) in [5.41, 5.74) is 2.75. The van der Waals surface area contributed by atoms with E-state index in [4.69, 9.17) is 4.98 Å². The molecule has 0 saturated carbocycles. The van der Waals surface area contributed by atoms with Gasteiger partial charge in [0.1, 0.15) is 11.3 Å². The zero-order valence-electron chi connectivity index (χ0n) is 16.2. The van der Waals surface area contributed by atoms with Gasteiger partial charge in [0.2, 0.25) is 0 Å². The van der Waals surface area contributed by atoms with Crippen LogP contribution in [-0.4, -0.2) is 63.1 Å². The van der Waals surface area contributed by atoms with E-state index in [9.17, 15) is 4.79 Å². The van der Waals surface area contributed by atoms with Crippen LogP contribution in [0.4, 0.5) is 10.5 Å². The number of aryl methyl sites for hydroxylation is 1. The molecule has 0 atom stereocenters. The molecule has 146 valence electrons. The number of amides is 2. The largest absolute Gasteiger partial charge is 0.322 e. The first-order chi connectivity index (χ1) is 13.7. The Hall–Kier alpha value is -2.93. The van der Waals surface area contributed by atoms with Crippen molar-refractivity contribution in [1.29, 1.82) is 0 Å². The first kappa shape index (κ1) is 18.4. The number of hydrogen-bond acceptors (Lipinski definition) is 4. The quantitative estimate of drug-likeness (QED) is 0.741. The number of para-hydroxylation sites is 1. The topological polar surface area (TPSA) is 66.3 Å². The fraction of sp³-hybridized carbons (Fsp3) is 0.381. The van der Waals surface area contributed by atoms with Crippen LogP contribution in [0, 0.1) is 0 Å². The Morgan fingerprint density at radius 1 is 1.04 bits per heavy atom. The van der Waals surface area contributed by atoms with Gasteiger partial charge in [-0.05, 0) is 24.3 Å². The highest BCUT2D eigenvalue weighted by Crippen LogP contribution is 2.15. The molecule has 2 amide bonds. The molecule has 28 heavy (non-hydrogen) atoms. The van der Waals surface area contributed by atoms with Crippen molar-refractivity contribution in [1.82, 2.24) is 24.3 Å². The second-order valence-electron chi connectivity index (χ2n) is 7.00. The van der Waals surface area contributed by atoms with Crippen LogP contribution in [0.25, 0.3) is 11.2 Å². The zero-order valence-corrected chi connectivity index (χ0v) is 16.2. The molecule has 0 unspecified atom stereocenters. The van der Waals surface area contributed by atoms with E-state index in [1.807, 2.05) is 53.6 Å². The highest BCUT2D eigenvalue weighted by atomic mass is 16.2. The van der Waals surface area contributed by atoms with Gasteiger partial charge in [0.05, 0.1) is 0 Å². The molecule has 7 heteroatoms. The summed E-state index contributed by atoms with van der Waals surface area (Å²) in [6.07, 6.45) is 2.72. The van der Waals surface area contributed by atoms with Gasteiger partial charge in [-0.3, -0.25) is 4.90 Å². The molecule has 1 saturated heterocycles. The predicted molar refractivity (Wildman–Crippen MR) is 110 cm³/mol. The van der Waals surface area contributed by atoms with Crippen LogP contribution in [0.2, 0.25) is 0 Å². The number of carbonyl (C=O) groups is 1. The second kappa shape index (κ2) is 8.39. The minimum atomic E-state index is -0.0241. The molecule has 4 rings (SSSR count). The van der Waals surface area contributed by atoms with E-state index >= 15 is 0 Å². The number of aromatic nitrogens is 3. The summed E-state index contributed by atoms with van der Waals surface area (Å²) in [4.78, 5) is 25.9. The number of nitrogens with one attached hydrogen (secondary N) is 1. The van der Waals surface area contributed by atoms with E-state index in [2.05, 4.69) is 26.7 Å². The number of hydrogen-bond donors (Lipinski definition) is 1. The number of imidazole rings is 1. The lowest BCUT2D eigenvalue weighted by Gasteiger charge is -2.34. The molecule has 3 aromatic rings. The molecule has 0 bridgehead atoms. The van der Waals surface area contributed by atoms with Crippen molar-refractivity contribution in [3.63, 3.8) is 0 Å². The van der Waals surface area contributed by atoms with Crippen molar-refractivity contribution >= 4 is 22.9 Å². The van der Waals surface area contributed by atoms with Gasteiger partial charge >= 0.3 is 6.03 Å². The summed E-state index contributed by atoms with van der Waals surface area (Å²) in [5, 5.41) is 2.96. The molecule has 1 aliphatic heterocycles. The van der Waals surface area contributed by atoms with Crippen LogP contribution in [0.3, 0.4) is 0 Å². The van der Waals surface area contributed by atoms with E-state index < -0.39 is 0 Å². The molecule has 3 heterocycles. The number of rotatable bonds is 5. The van der Waals surface area contributed by atoms with Crippen molar-refractivity contribution in [2.75, 3.05) is 38.0 Å². The monoisotopic (exact) mass is 378 g/mol. The average Bonchev–Trinajstić information content (AvgIpc) is 3.11. The Bertz CT molecular complexity index is 930. The predicted octanol–water partition coefficient (Wildman–Crippen LogP) is 2.84. The molecule has 1 aliphatic rings. The maximum Gasteiger partial charge on any atom is 0.321 e. The highest BCUT2D eigenvalue weighted by Gasteiger charge is 2.21. The molecule has 2 aromatic heterocycles. The fourth-order valence-corrected chi connectivity index (χ4v) is 3.65. The second-order valence-corrected chi connectivity index (χ2v) is 7.00. The van der Waals surface area contributed by atoms with Gasteiger partial charge in [0, 0.05) is 57.6 Å². The highest BCUT2D eigenvalue weighted by molar-refractivity contribution is 5.89. The van der Waals surface area contributed by atoms with Gasteiger partial charge in [0.15, 0.2) is 5.65 Å². The summed E-state index contributed by atoms with van der Waals surface area (Å²) in [6, 6.07) is 13.5. The van der Waals surface area contributed by atoms with Crippen LogP contribution in [-0.2, 0) is 13.0 Å². The lowest BCUT2D eigenvalue weighted by Crippen LogP contribution is -2.50. The summed E-state index contributed by atoms with van der Waals surface area (Å²) in [7, 11) is 0. The van der Waals surface area contributed by atoms with Gasteiger partial charge in [-0.2, -0.15) is 0 Å². The Balaban J connectivity index is 1.31. The number of piperazine rings is 1. The third-order valence-corrected chi connectivity index (χ3v) is 5.22. The van der Waals surface area contributed by atoms with Crippen molar-refractivity contribution in [2.24, 2.45) is 0 Å². The van der Waals surface area contributed by atoms with Crippen molar-refractivity contribution in [3.05, 3.63) is 54.5 Å². The maximum atomic E-state index is 12.4. The van der Waals surface area contributed by atoms with Gasteiger partial charge < -0.3 is 14.8 Å². The third kappa shape index (κ3) is 3.99. The molecule has 7 nitrogen and oxygen atoms in total. The smallest absolute Gasteiger partial charge is 0.321 e. The first-order valence-corrected chi connectivity index (χ1v) is 9.88. The number of nitrogens with zero attached hydrogens (tertiary/aromatic N) is 5. The zero-order chi connectivity index (χ0) is 19.3. The number of fused-ring (bicyclic) bond motifs is 1. The van der Waals surface area contributed by atoms with E-state index in [1.165, 1.54) is 0 Å². The number of anilines is 1. The van der Waals surface area contributed by atoms with Gasteiger partial charge in [-0.25, -0.2) is 14.8 Å². The van der Waals surface area contributed by atoms with Crippen LogP contribution in [0.5, 0.6) is 0 Å². The molecular formula is C21H26N6O. The van der Waals surface area contributed by atoms with Gasteiger partial charge in [-0.15, -0.1) is 0 Å².